The van der Waals surface area contributed by atoms with Crippen molar-refractivity contribution in [2.75, 3.05) is 14.2 Å². The summed E-state index contributed by atoms with van der Waals surface area (Å²) in [4.78, 5) is 0. The van der Waals surface area contributed by atoms with Gasteiger partial charge in [0, 0.05) is 0 Å². The highest BCUT2D eigenvalue weighted by Crippen LogP contribution is 2.06. The average molecular weight is 168 g/mol. The SMILES string of the molecule is C\C=C/C=C\C(OC)=C(/C)OC. The van der Waals surface area contributed by atoms with E-state index in [-0.39, 0.29) is 0 Å². The lowest BCUT2D eigenvalue weighted by molar-refractivity contribution is 0.232. The minimum atomic E-state index is 0.746. The first-order valence-electron chi connectivity index (χ1n) is 3.84. The summed E-state index contributed by atoms with van der Waals surface area (Å²) in [5, 5.41) is 0. The lowest BCUT2D eigenvalue weighted by Gasteiger charge is -2.04. The lowest BCUT2D eigenvalue weighted by atomic mass is 10.3. The predicted molar refractivity (Wildman–Crippen MR) is 50.7 cm³/mol. The maximum Gasteiger partial charge on any atom is 0.156 e. The molecule has 0 fully saturated rings. The Morgan fingerprint density at radius 2 is 1.75 bits per heavy atom. The number of allylic oxidation sites excluding steroid dienone is 5. The first-order chi connectivity index (χ1) is 5.76. The van der Waals surface area contributed by atoms with E-state index in [1.54, 1.807) is 14.2 Å². The fourth-order valence-corrected chi connectivity index (χ4v) is 0.684. The van der Waals surface area contributed by atoms with Crippen LogP contribution in [0.1, 0.15) is 13.8 Å². The third kappa shape index (κ3) is 3.86. The fourth-order valence-electron chi connectivity index (χ4n) is 0.684. The van der Waals surface area contributed by atoms with Crippen LogP contribution in [0.15, 0.2) is 35.8 Å². The Morgan fingerprint density at radius 1 is 1.08 bits per heavy atom. The van der Waals surface area contributed by atoms with Crippen LogP contribution in [0.5, 0.6) is 0 Å². The van der Waals surface area contributed by atoms with E-state index in [4.69, 9.17) is 9.47 Å². The number of methoxy groups -OCH3 is 2. The van der Waals surface area contributed by atoms with Gasteiger partial charge in [0.25, 0.3) is 0 Å². The quantitative estimate of drug-likeness (QED) is 0.474. The van der Waals surface area contributed by atoms with Crippen LogP contribution in [0.3, 0.4) is 0 Å². The largest absolute Gasteiger partial charge is 0.498 e. The summed E-state index contributed by atoms with van der Waals surface area (Å²) in [5.74, 6) is 1.52. The van der Waals surface area contributed by atoms with Crippen LogP contribution in [-0.2, 0) is 9.47 Å². The standard InChI is InChI=1S/C10H16O2/c1-5-6-7-8-10(12-4)9(2)11-3/h5-8H,1-4H3/b6-5-,8-7-,10-9-. The zero-order valence-corrected chi connectivity index (χ0v) is 8.13. The van der Waals surface area contributed by atoms with Crippen molar-refractivity contribution in [2.45, 2.75) is 13.8 Å². The molecule has 2 nitrogen and oxygen atoms in total. The summed E-state index contributed by atoms with van der Waals surface area (Å²) in [6.07, 6.45) is 7.65. The van der Waals surface area contributed by atoms with E-state index in [1.165, 1.54) is 0 Å². The van der Waals surface area contributed by atoms with E-state index in [1.807, 2.05) is 38.2 Å². The molecular formula is C10H16O2. The molecule has 0 aromatic carbocycles. The van der Waals surface area contributed by atoms with Crippen LogP contribution in [0.25, 0.3) is 0 Å². The van der Waals surface area contributed by atoms with Gasteiger partial charge < -0.3 is 9.47 Å². The minimum absolute atomic E-state index is 0.746. The predicted octanol–water partition coefficient (Wildman–Crippen LogP) is 2.64. The van der Waals surface area contributed by atoms with Crippen molar-refractivity contribution in [3.63, 3.8) is 0 Å². The third-order valence-electron chi connectivity index (χ3n) is 1.42. The molecule has 0 unspecified atom stereocenters. The van der Waals surface area contributed by atoms with Crippen molar-refractivity contribution in [1.29, 1.82) is 0 Å². The molecule has 0 radical (unpaired) electrons. The van der Waals surface area contributed by atoms with Crippen molar-refractivity contribution in [3.05, 3.63) is 35.8 Å². The Bertz CT molecular complexity index is 200. The van der Waals surface area contributed by atoms with Crippen LogP contribution in [0, 0.1) is 0 Å². The van der Waals surface area contributed by atoms with Gasteiger partial charge in [-0.1, -0.05) is 18.2 Å². The van der Waals surface area contributed by atoms with Gasteiger partial charge >= 0.3 is 0 Å². The molecule has 0 aromatic rings. The second kappa shape index (κ2) is 6.53. The van der Waals surface area contributed by atoms with Gasteiger partial charge in [-0.05, 0) is 19.9 Å². The van der Waals surface area contributed by atoms with Crippen molar-refractivity contribution in [2.24, 2.45) is 0 Å². The molecule has 68 valence electrons. The molecule has 0 aliphatic carbocycles. The lowest BCUT2D eigenvalue weighted by Crippen LogP contribution is -1.90. The molecule has 0 amide bonds. The fraction of sp³-hybridized carbons (Fsp3) is 0.400. The van der Waals surface area contributed by atoms with Crippen molar-refractivity contribution >= 4 is 0 Å². The zero-order valence-electron chi connectivity index (χ0n) is 8.13. The molecule has 0 saturated carbocycles. The van der Waals surface area contributed by atoms with Crippen LogP contribution < -0.4 is 0 Å². The van der Waals surface area contributed by atoms with Crippen molar-refractivity contribution in [1.82, 2.24) is 0 Å². The minimum Gasteiger partial charge on any atom is -0.498 e. The summed E-state index contributed by atoms with van der Waals surface area (Å²) in [6, 6.07) is 0. The average Bonchev–Trinajstić information content (AvgIpc) is 2.11. The molecule has 0 saturated heterocycles. The second-order valence-corrected chi connectivity index (χ2v) is 2.21. The van der Waals surface area contributed by atoms with Crippen molar-refractivity contribution < 1.29 is 9.47 Å². The number of hydrogen-bond acceptors (Lipinski definition) is 2. The molecule has 0 bridgehead atoms. The normalized spacial score (nSPS) is 13.7. The first kappa shape index (κ1) is 10.8. The van der Waals surface area contributed by atoms with Gasteiger partial charge in [-0.25, -0.2) is 0 Å². The molecular weight excluding hydrogens is 152 g/mol. The maximum atomic E-state index is 5.08. The van der Waals surface area contributed by atoms with E-state index in [2.05, 4.69) is 0 Å². The van der Waals surface area contributed by atoms with Gasteiger partial charge in [-0.2, -0.15) is 0 Å². The van der Waals surface area contributed by atoms with E-state index < -0.39 is 0 Å². The highest BCUT2D eigenvalue weighted by molar-refractivity contribution is 5.19. The molecule has 0 heterocycles. The molecule has 0 aromatic heterocycles. The van der Waals surface area contributed by atoms with E-state index in [0.717, 1.165) is 11.5 Å². The van der Waals surface area contributed by atoms with Gasteiger partial charge in [-0.15, -0.1) is 0 Å². The molecule has 0 N–H and O–H groups in total. The van der Waals surface area contributed by atoms with Gasteiger partial charge in [0.2, 0.25) is 0 Å². The topological polar surface area (TPSA) is 18.5 Å². The Kier molecular flexibility index (Phi) is 5.88. The summed E-state index contributed by atoms with van der Waals surface area (Å²) in [5.41, 5.74) is 0. The highest BCUT2D eigenvalue weighted by atomic mass is 16.5. The Balaban J connectivity index is 4.36. The second-order valence-electron chi connectivity index (χ2n) is 2.21. The summed E-state index contributed by atoms with van der Waals surface area (Å²) < 4.78 is 10.1. The molecule has 0 rings (SSSR count). The van der Waals surface area contributed by atoms with E-state index in [9.17, 15) is 0 Å². The van der Waals surface area contributed by atoms with E-state index in [0.29, 0.717) is 0 Å². The van der Waals surface area contributed by atoms with E-state index >= 15 is 0 Å². The third-order valence-corrected chi connectivity index (χ3v) is 1.42. The monoisotopic (exact) mass is 168 g/mol. The van der Waals surface area contributed by atoms with Crippen LogP contribution in [-0.4, -0.2) is 14.2 Å². The summed E-state index contributed by atoms with van der Waals surface area (Å²) in [7, 11) is 3.25. The molecule has 2 heteroatoms. The molecule has 0 aliphatic heterocycles. The Hall–Kier alpha value is -1.18. The smallest absolute Gasteiger partial charge is 0.156 e. The van der Waals surface area contributed by atoms with Gasteiger partial charge in [0.15, 0.2) is 5.76 Å². The Labute approximate surface area is 74.2 Å². The van der Waals surface area contributed by atoms with Crippen LogP contribution in [0.2, 0.25) is 0 Å². The van der Waals surface area contributed by atoms with Gasteiger partial charge in [0.05, 0.1) is 14.2 Å². The Morgan fingerprint density at radius 3 is 2.17 bits per heavy atom. The van der Waals surface area contributed by atoms with Gasteiger partial charge in [0.1, 0.15) is 5.76 Å². The molecule has 0 atom stereocenters. The summed E-state index contributed by atoms with van der Waals surface area (Å²) in [6.45, 7) is 3.82. The number of hydrogen-bond donors (Lipinski definition) is 0. The summed E-state index contributed by atoms with van der Waals surface area (Å²) >= 11 is 0. The maximum absolute atomic E-state index is 5.08. The molecule has 12 heavy (non-hydrogen) atoms. The number of ether oxygens (including phenoxy) is 2. The van der Waals surface area contributed by atoms with Crippen LogP contribution >= 0.6 is 0 Å². The zero-order chi connectivity index (χ0) is 9.40. The molecule has 0 spiro atoms. The first-order valence-corrected chi connectivity index (χ1v) is 3.84. The highest BCUT2D eigenvalue weighted by Gasteiger charge is 1.95. The molecule has 0 aliphatic rings. The van der Waals surface area contributed by atoms with Crippen molar-refractivity contribution in [3.8, 4) is 0 Å². The number of rotatable bonds is 4. The van der Waals surface area contributed by atoms with Gasteiger partial charge in [-0.3, -0.25) is 0 Å². The van der Waals surface area contributed by atoms with Crippen LogP contribution in [0.4, 0.5) is 0 Å².